The number of nitrogens with one attached hydrogen (secondary N) is 1. The highest BCUT2D eigenvalue weighted by Gasteiger charge is 2.52. The molecule has 0 radical (unpaired) electrons. The minimum Gasteiger partial charge on any atom is -0.481 e. The number of methoxy groups -OCH3 is 1. The summed E-state index contributed by atoms with van der Waals surface area (Å²) in [6.07, 6.45) is 3.50. The van der Waals surface area contributed by atoms with E-state index in [1.165, 1.54) is 7.11 Å². The molecule has 0 aromatic heterocycles. The normalized spacial score (nSPS) is 19.9. The van der Waals surface area contributed by atoms with Crippen molar-refractivity contribution in [3.63, 3.8) is 0 Å². The summed E-state index contributed by atoms with van der Waals surface area (Å²) in [6, 6.07) is -1.83. The molecule has 1 saturated carbocycles. The van der Waals surface area contributed by atoms with Gasteiger partial charge in [0.15, 0.2) is 0 Å². The second kappa shape index (κ2) is 8.07. The lowest BCUT2D eigenvalue weighted by Gasteiger charge is -2.35. The first-order valence-electron chi connectivity index (χ1n) is 8.31. The molecular formula is C17H30N2O5. The molecule has 7 nitrogen and oxygen atoms in total. The summed E-state index contributed by atoms with van der Waals surface area (Å²) in [7, 11) is 1.28. The molecule has 1 aliphatic rings. The van der Waals surface area contributed by atoms with Gasteiger partial charge in [0, 0.05) is 6.04 Å². The predicted molar refractivity (Wildman–Crippen MR) is 89.4 cm³/mol. The van der Waals surface area contributed by atoms with Crippen molar-refractivity contribution < 1.29 is 24.2 Å². The number of nitrogens with two attached hydrogens (primary N) is 1. The summed E-state index contributed by atoms with van der Waals surface area (Å²) in [5.74, 6) is -1.56. The van der Waals surface area contributed by atoms with E-state index in [0.717, 1.165) is 19.3 Å². The molecule has 0 heterocycles. The Morgan fingerprint density at radius 1 is 1.38 bits per heavy atom. The van der Waals surface area contributed by atoms with Crippen LogP contribution in [-0.2, 0) is 19.1 Å². The van der Waals surface area contributed by atoms with Crippen LogP contribution in [0, 0.1) is 10.8 Å². The second-order valence-corrected chi connectivity index (χ2v) is 7.80. The summed E-state index contributed by atoms with van der Waals surface area (Å²) in [5, 5.41) is 12.0. The molecule has 0 amide bonds. The topological polar surface area (TPSA) is 119 Å². The van der Waals surface area contributed by atoms with Crippen molar-refractivity contribution >= 4 is 18.2 Å². The zero-order valence-electron chi connectivity index (χ0n) is 15.0. The molecule has 0 aromatic rings. The van der Waals surface area contributed by atoms with Gasteiger partial charge >= 0.3 is 11.9 Å². The molecule has 1 rings (SSSR count). The highest BCUT2D eigenvalue weighted by atomic mass is 16.5. The smallest absolute Gasteiger partial charge is 0.322 e. The molecule has 0 aromatic carbocycles. The van der Waals surface area contributed by atoms with Crippen LogP contribution in [0.25, 0.3) is 0 Å². The number of hydrogen-bond donors (Lipinski definition) is 3. The van der Waals surface area contributed by atoms with E-state index in [0.29, 0.717) is 12.7 Å². The molecule has 2 unspecified atom stereocenters. The number of aldehydes is 1. The van der Waals surface area contributed by atoms with Gasteiger partial charge in [0.1, 0.15) is 12.3 Å². The Hall–Kier alpha value is -1.47. The maximum atomic E-state index is 11.6. The Kier molecular flexibility index (Phi) is 6.92. The van der Waals surface area contributed by atoms with E-state index in [2.05, 4.69) is 30.8 Å². The van der Waals surface area contributed by atoms with E-state index in [1.807, 2.05) is 0 Å². The summed E-state index contributed by atoms with van der Waals surface area (Å²) in [5.41, 5.74) is 6.09. The van der Waals surface area contributed by atoms with Crippen LogP contribution in [0.2, 0.25) is 0 Å². The lowest BCUT2D eigenvalue weighted by Crippen LogP contribution is -2.47. The number of rotatable bonds is 10. The quantitative estimate of drug-likeness (QED) is 0.402. The first-order chi connectivity index (χ1) is 11.0. The van der Waals surface area contributed by atoms with Gasteiger partial charge in [-0.05, 0) is 36.5 Å². The highest BCUT2D eigenvalue weighted by Crippen LogP contribution is 2.61. The lowest BCUT2D eigenvalue weighted by molar-refractivity contribution is -0.142. The lowest BCUT2D eigenvalue weighted by atomic mass is 9.73. The first kappa shape index (κ1) is 20.6. The molecule has 0 spiro atoms. The van der Waals surface area contributed by atoms with Gasteiger partial charge < -0.3 is 25.7 Å². The molecule has 3 atom stereocenters. The molecule has 0 aliphatic heterocycles. The Bertz CT molecular complexity index is 468. The van der Waals surface area contributed by atoms with Crippen molar-refractivity contribution in [2.45, 2.75) is 71.0 Å². The van der Waals surface area contributed by atoms with Crippen molar-refractivity contribution in [3.8, 4) is 0 Å². The molecule has 24 heavy (non-hydrogen) atoms. The molecular weight excluding hydrogens is 312 g/mol. The summed E-state index contributed by atoms with van der Waals surface area (Å²) < 4.78 is 4.67. The molecule has 7 heteroatoms. The van der Waals surface area contributed by atoms with Gasteiger partial charge in [-0.15, -0.1) is 0 Å². The Balaban J connectivity index is 2.84. The van der Waals surface area contributed by atoms with Gasteiger partial charge in [-0.1, -0.05) is 20.8 Å². The maximum Gasteiger partial charge on any atom is 0.322 e. The van der Waals surface area contributed by atoms with Crippen molar-refractivity contribution in [2.75, 3.05) is 7.11 Å². The number of carbonyl (C=O) groups is 3. The largest absolute Gasteiger partial charge is 0.481 e. The van der Waals surface area contributed by atoms with E-state index >= 15 is 0 Å². The third-order valence-electron chi connectivity index (χ3n) is 5.13. The number of hydrogen-bond acceptors (Lipinski definition) is 6. The fourth-order valence-corrected chi connectivity index (χ4v) is 3.28. The summed E-state index contributed by atoms with van der Waals surface area (Å²) >= 11 is 0. The van der Waals surface area contributed by atoms with E-state index < -0.39 is 24.0 Å². The highest BCUT2D eigenvalue weighted by molar-refractivity contribution is 5.75. The van der Waals surface area contributed by atoms with Crippen LogP contribution >= 0.6 is 0 Å². The molecule has 0 bridgehead atoms. The van der Waals surface area contributed by atoms with Gasteiger partial charge in [-0.3, -0.25) is 9.59 Å². The van der Waals surface area contributed by atoms with Crippen molar-refractivity contribution in [3.05, 3.63) is 0 Å². The Morgan fingerprint density at radius 3 is 2.33 bits per heavy atom. The van der Waals surface area contributed by atoms with Crippen LogP contribution in [0.5, 0.6) is 0 Å². The SMILES string of the molecule is COC(=O)C(N)CC(CC1(C(C)(C)C)CC1)N[C@@H](C=O)CC(=O)O. The van der Waals surface area contributed by atoms with Crippen LogP contribution in [0.1, 0.15) is 52.9 Å². The van der Waals surface area contributed by atoms with Crippen LogP contribution in [0.15, 0.2) is 0 Å². The summed E-state index contributed by atoms with van der Waals surface area (Å²) in [6.45, 7) is 6.52. The van der Waals surface area contributed by atoms with Crippen molar-refractivity contribution in [1.82, 2.24) is 5.32 Å². The third kappa shape index (κ3) is 5.56. The average molecular weight is 342 g/mol. The van der Waals surface area contributed by atoms with E-state index in [9.17, 15) is 14.4 Å². The summed E-state index contributed by atoms with van der Waals surface area (Å²) in [4.78, 5) is 33.7. The number of aliphatic carboxylic acids is 1. The maximum absolute atomic E-state index is 11.6. The van der Waals surface area contributed by atoms with E-state index in [-0.39, 0.29) is 23.3 Å². The molecule has 1 fully saturated rings. The predicted octanol–water partition coefficient (Wildman–Crippen LogP) is 1.09. The zero-order valence-corrected chi connectivity index (χ0v) is 15.0. The van der Waals surface area contributed by atoms with Gasteiger partial charge in [-0.25, -0.2) is 0 Å². The van der Waals surface area contributed by atoms with Gasteiger partial charge in [-0.2, -0.15) is 0 Å². The molecule has 1 aliphatic carbocycles. The van der Waals surface area contributed by atoms with Crippen molar-refractivity contribution in [2.24, 2.45) is 16.6 Å². The number of esters is 1. The standard InChI is InChI=1S/C17H30N2O5/c1-16(2,3)17(5-6-17)9-11(7-13(18)15(23)24-4)19-12(10-20)8-14(21)22/h10-13,19H,5-9,18H2,1-4H3,(H,21,22)/t11?,12-,13?/m1/s1. The van der Waals surface area contributed by atoms with Crippen LogP contribution in [0.4, 0.5) is 0 Å². The number of carboxylic acid groups (broad SMARTS) is 1. The first-order valence-corrected chi connectivity index (χ1v) is 8.31. The zero-order chi connectivity index (χ0) is 18.5. The number of ether oxygens (including phenoxy) is 1. The fraction of sp³-hybridized carbons (Fsp3) is 0.824. The molecule has 0 saturated heterocycles. The number of carbonyl (C=O) groups excluding carboxylic acids is 2. The minimum atomic E-state index is -1.05. The van der Waals surface area contributed by atoms with Gasteiger partial charge in [0.05, 0.1) is 19.6 Å². The van der Waals surface area contributed by atoms with Crippen molar-refractivity contribution in [1.29, 1.82) is 0 Å². The average Bonchev–Trinajstić information content (AvgIpc) is 3.25. The molecule has 4 N–H and O–H groups in total. The Morgan fingerprint density at radius 2 is 1.96 bits per heavy atom. The van der Waals surface area contributed by atoms with Gasteiger partial charge in [0.25, 0.3) is 0 Å². The van der Waals surface area contributed by atoms with E-state index in [1.54, 1.807) is 0 Å². The van der Waals surface area contributed by atoms with Crippen LogP contribution in [0.3, 0.4) is 0 Å². The van der Waals surface area contributed by atoms with Crippen LogP contribution < -0.4 is 11.1 Å². The monoisotopic (exact) mass is 342 g/mol. The van der Waals surface area contributed by atoms with Gasteiger partial charge in [0.2, 0.25) is 0 Å². The molecule has 138 valence electrons. The third-order valence-corrected chi connectivity index (χ3v) is 5.13. The second-order valence-electron chi connectivity index (χ2n) is 7.80. The van der Waals surface area contributed by atoms with E-state index in [4.69, 9.17) is 10.8 Å². The van der Waals surface area contributed by atoms with Crippen LogP contribution in [-0.4, -0.2) is 48.6 Å². The minimum absolute atomic E-state index is 0.0891. The number of carboxylic acids is 1. The fourth-order valence-electron chi connectivity index (χ4n) is 3.28. The Labute approximate surface area is 143 Å².